The van der Waals surface area contributed by atoms with Gasteiger partial charge in [0.25, 0.3) is 5.56 Å². The molecule has 2 aromatic rings. The van der Waals surface area contributed by atoms with Crippen LogP contribution < -0.4 is 5.56 Å². The van der Waals surface area contributed by atoms with Gasteiger partial charge in [0.15, 0.2) is 5.16 Å². The number of nitriles is 1. The molecule has 1 aliphatic carbocycles. The maximum atomic E-state index is 13.6. The van der Waals surface area contributed by atoms with Gasteiger partial charge in [0.2, 0.25) is 5.91 Å². The number of fused-ring (bicyclic) bond motifs is 1. The van der Waals surface area contributed by atoms with Crippen molar-refractivity contribution in [1.82, 2.24) is 14.5 Å². The molecule has 0 bridgehead atoms. The zero-order valence-electron chi connectivity index (χ0n) is 19.7. The molecule has 1 amide bonds. The fraction of sp³-hybridized carbons (Fsp3) is 0.667. The summed E-state index contributed by atoms with van der Waals surface area (Å²) in [5.74, 6) is 0.0482. The van der Waals surface area contributed by atoms with Crippen LogP contribution in [-0.4, -0.2) is 51.4 Å². The summed E-state index contributed by atoms with van der Waals surface area (Å²) in [6.07, 6.45) is 7.18. The molecule has 0 spiro atoms. The first-order valence-electron chi connectivity index (χ1n) is 11.9. The molecule has 33 heavy (non-hydrogen) atoms. The van der Waals surface area contributed by atoms with Gasteiger partial charge in [0, 0.05) is 18.5 Å². The Hall–Kier alpha value is -1.89. The number of hydrogen-bond donors (Lipinski definition) is 0. The van der Waals surface area contributed by atoms with Crippen LogP contribution in [0.15, 0.2) is 9.95 Å². The number of ether oxygens (including phenoxy) is 1. The van der Waals surface area contributed by atoms with Gasteiger partial charge in [-0.1, -0.05) is 37.9 Å². The van der Waals surface area contributed by atoms with Crippen LogP contribution in [0.1, 0.15) is 62.3 Å². The lowest BCUT2D eigenvalue weighted by Crippen LogP contribution is -2.50. The van der Waals surface area contributed by atoms with Crippen molar-refractivity contribution in [3.8, 4) is 6.07 Å². The second-order valence-electron chi connectivity index (χ2n) is 9.06. The van der Waals surface area contributed by atoms with Gasteiger partial charge >= 0.3 is 0 Å². The molecule has 1 unspecified atom stereocenters. The highest BCUT2D eigenvalue weighted by atomic mass is 32.2. The van der Waals surface area contributed by atoms with E-state index < -0.39 is 5.54 Å². The van der Waals surface area contributed by atoms with E-state index in [1.807, 2.05) is 6.92 Å². The van der Waals surface area contributed by atoms with Gasteiger partial charge in [-0.15, -0.1) is 11.3 Å². The first-order chi connectivity index (χ1) is 15.9. The normalized spacial score (nSPS) is 20.1. The lowest BCUT2D eigenvalue weighted by Gasteiger charge is -2.39. The highest BCUT2D eigenvalue weighted by Gasteiger charge is 2.38. The van der Waals surface area contributed by atoms with Crippen molar-refractivity contribution in [2.24, 2.45) is 0 Å². The molecule has 2 aromatic heterocycles. The number of hydrogen-bond acceptors (Lipinski definition) is 7. The summed E-state index contributed by atoms with van der Waals surface area (Å²) in [4.78, 5) is 35.0. The molecule has 9 heteroatoms. The van der Waals surface area contributed by atoms with Crippen LogP contribution in [0.3, 0.4) is 0 Å². The third-order valence-electron chi connectivity index (χ3n) is 7.07. The van der Waals surface area contributed by atoms with Crippen molar-refractivity contribution in [2.45, 2.75) is 88.6 Å². The number of aryl methyl sites for hydroxylation is 2. The van der Waals surface area contributed by atoms with Crippen molar-refractivity contribution >= 4 is 39.2 Å². The number of amides is 1. The van der Waals surface area contributed by atoms with E-state index in [-0.39, 0.29) is 23.3 Å². The smallest absolute Gasteiger partial charge is 0.263 e. The quantitative estimate of drug-likeness (QED) is 0.427. The Morgan fingerprint density at radius 3 is 2.76 bits per heavy atom. The number of thiophene rings is 1. The molecular formula is C24H32N4O3S2. The zero-order valence-corrected chi connectivity index (χ0v) is 21.3. The number of carbonyl (C=O) groups excluding carboxylic acids is 1. The molecule has 2 fully saturated rings. The SMILES string of the molecule is CCc1c(C)sc2nc(SCC(=O)N(C)C3(C#N)CCCCC3)n(CC3CCCO3)c(=O)c12. The Bertz CT molecular complexity index is 1120. The van der Waals surface area contributed by atoms with Crippen LogP contribution in [-0.2, 0) is 22.5 Å². The average molecular weight is 489 g/mol. The van der Waals surface area contributed by atoms with Gasteiger partial charge in [0.1, 0.15) is 10.4 Å². The number of carbonyl (C=O) groups is 1. The molecule has 0 aromatic carbocycles. The van der Waals surface area contributed by atoms with Gasteiger partial charge < -0.3 is 9.64 Å². The predicted molar refractivity (Wildman–Crippen MR) is 132 cm³/mol. The first kappa shape index (κ1) is 24.2. The largest absolute Gasteiger partial charge is 0.376 e. The molecular weight excluding hydrogens is 456 g/mol. The topological polar surface area (TPSA) is 88.2 Å². The molecule has 7 nitrogen and oxygen atoms in total. The van der Waals surface area contributed by atoms with Gasteiger partial charge in [-0.3, -0.25) is 14.2 Å². The Kier molecular flexibility index (Phi) is 7.46. The number of rotatable bonds is 7. The fourth-order valence-electron chi connectivity index (χ4n) is 5.04. The molecule has 1 saturated heterocycles. The van der Waals surface area contributed by atoms with Gasteiger partial charge in [0.05, 0.1) is 29.9 Å². The summed E-state index contributed by atoms with van der Waals surface area (Å²) in [7, 11) is 1.74. The molecule has 1 saturated carbocycles. The van der Waals surface area contributed by atoms with Crippen molar-refractivity contribution in [3.05, 3.63) is 20.8 Å². The van der Waals surface area contributed by atoms with E-state index >= 15 is 0 Å². The second kappa shape index (κ2) is 10.2. The van der Waals surface area contributed by atoms with Crippen LogP contribution >= 0.6 is 23.1 Å². The van der Waals surface area contributed by atoms with Crippen LogP contribution in [0.5, 0.6) is 0 Å². The third kappa shape index (κ3) is 4.71. The fourth-order valence-corrected chi connectivity index (χ4v) is 7.12. The number of aromatic nitrogens is 2. The van der Waals surface area contributed by atoms with Crippen molar-refractivity contribution in [2.75, 3.05) is 19.4 Å². The summed E-state index contributed by atoms with van der Waals surface area (Å²) >= 11 is 2.84. The molecule has 4 rings (SSSR count). The third-order valence-corrected chi connectivity index (χ3v) is 9.07. The molecule has 0 N–H and O–H groups in total. The summed E-state index contributed by atoms with van der Waals surface area (Å²) in [6, 6.07) is 2.41. The minimum absolute atomic E-state index is 0.00594. The van der Waals surface area contributed by atoms with Gasteiger partial charge in [-0.25, -0.2) is 4.98 Å². The summed E-state index contributed by atoms with van der Waals surface area (Å²) in [6.45, 7) is 5.26. The van der Waals surface area contributed by atoms with Crippen LogP contribution in [0.2, 0.25) is 0 Å². The van der Waals surface area contributed by atoms with Gasteiger partial charge in [-0.2, -0.15) is 5.26 Å². The minimum Gasteiger partial charge on any atom is -0.376 e. The summed E-state index contributed by atoms with van der Waals surface area (Å²) in [5.41, 5.74) is 0.306. The van der Waals surface area contributed by atoms with Crippen LogP contribution in [0.4, 0.5) is 0 Å². The van der Waals surface area contributed by atoms with Crippen LogP contribution in [0.25, 0.3) is 10.2 Å². The summed E-state index contributed by atoms with van der Waals surface area (Å²) < 4.78 is 7.52. The van der Waals surface area contributed by atoms with E-state index in [2.05, 4.69) is 13.0 Å². The van der Waals surface area contributed by atoms with E-state index in [0.717, 1.165) is 73.2 Å². The van der Waals surface area contributed by atoms with E-state index in [1.54, 1.807) is 27.9 Å². The second-order valence-corrected chi connectivity index (χ2v) is 11.2. The monoisotopic (exact) mass is 488 g/mol. The standard InChI is InChI=1S/C24H32N4O3S2/c1-4-18-16(2)33-21-20(18)22(30)28(13-17-9-8-12-31-17)23(26-21)32-14-19(29)27(3)24(15-25)10-6-5-7-11-24/h17H,4-14H2,1-3H3. The van der Waals surface area contributed by atoms with E-state index in [1.165, 1.54) is 11.8 Å². The first-order valence-corrected chi connectivity index (χ1v) is 13.7. The molecule has 1 atom stereocenters. The Morgan fingerprint density at radius 1 is 1.36 bits per heavy atom. The maximum absolute atomic E-state index is 13.6. The zero-order chi connectivity index (χ0) is 23.6. The maximum Gasteiger partial charge on any atom is 0.263 e. The average Bonchev–Trinajstić information content (AvgIpc) is 3.46. The minimum atomic E-state index is -0.717. The molecule has 0 radical (unpaired) electrons. The van der Waals surface area contributed by atoms with E-state index in [4.69, 9.17) is 9.72 Å². The highest BCUT2D eigenvalue weighted by molar-refractivity contribution is 7.99. The van der Waals surface area contributed by atoms with E-state index in [9.17, 15) is 14.9 Å². The highest BCUT2D eigenvalue weighted by Crippen LogP contribution is 2.34. The van der Waals surface area contributed by atoms with Crippen molar-refractivity contribution in [3.63, 3.8) is 0 Å². The molecule has 2 aliphatic rings. The van der Waals surface area contributed by atoms with Crippen LogP contribution in [0, 0.1) is 18.3 Å². The number of nitrogens with zero attached hydrogens (tertiary/aromatic N) is 4. The Labute approximate surface area is 203 Å². The van der Waals surface area contributed by atoms with E-state index in [0.29, 0.717) is 17.1 Å². The number of thioether (sulfide) groups is 1. The Balaban J connectivity index is 1.62. The molecule has 3 heterocycles. The molecule has 178 valence electrons. The predicted octanol–water partition coefficient (Wildman–Crippen LogP) is 4.28. The van der Waals surface area contributed by atoms with Gasteiger partial charge in [-0.05, 0) is 44.6 Å². The Morgan fingerprint density at radius 2 is 2.12 bits per heavy atom. The van der Waals surface area contributed by atoms with Crippen molar-refractivity contribution in [1.29, 1.82) is 5.26 Å². The molecule has 1 aliphatic heterocycles. The lowest BCUT2D eigenvalue weighted by molar-refractivity contribution is -0.131. The lowest BCUT2D eigenvalue weighted by atomic mass is 9.81. The summed E-state index contributed by atoms with van der Waals surface area (Å²) in [5, 5.41) is 11.1. The van der Waals surface area contributed by atoms with Crippen molar-refractivity contribution < 1.29 is 9.53 Å².